The van der Waals surface area contributed by atoms with E-state index in [4.69, 9.17) is 0 Å². The molecule has 0 bridgehead atoms. The molecule has 6 heteroatoms. The average Bonchev–Trinajstić information content (AvgIpc) is 3.01. The van der Waals surface area contributed by atoms with Gasteiger partial charge in [-0.2, -0.15) is 0 Å². The molecule has 0 fully saturated rings. The predicted molar refractivity (Wildman–Crippen MR) is 89.0 cm³/mol. The van der Waals surface area contributed by atoms with Crippen LogP contribution in [0, 0.1) is 13.8 Å². The Kier molecular flexibility index (Phi) is 5.91. The van der Waals surface area contributed by atoms with Crippen LogP contribution >= 0.6 is 0 Å². The number of anilines is 1. The third-order valence-corrected chi connectivity index (χ3v) is 3.67. The van der Waals surface area contributed by atoms with Crippen LogP contribution in [0.3, 0.4) is 0 Å². The van der Waals surface area contributed by atoms with Gasteiger partial charge in [0, 0.05) is 31.2 Å². The molecule has 0 aliphatic heterocycles. The molecule has 6 nitrogen and oxygen atoms in total. The van der Waals surface area contributed by atoms with Gasteiger partial charge in [0.05, 0.1) is 6.33 Å². The Hall–Kier alpha value is -2.63. The van der Waals surface area contributed by atoms with E-state index in [1.807, 2.05) is 42.8 Å². The van der Waals surface area contributed by atoms with Crippen molar-refractivity contribution >= 4 is 17.5 Å². The van der Waals surface area contributed by atoms with Crippen LogP contribution in [-0.2, 0) is 16.1 Å². The molecule has 2 rings (SSSR count). The molecule has 23 heavy (non-hydrogen) atoms. The Morgan fingerprint density at radius 3 is 2.78 bits per heavy atom. The molecule has 1 heterocycles. The number of amides is 2. The molecule has 0 radical (unpaired) electrons. The number of benzene rings is 1. The van der Waals surface area contributed by atoms with Crippen molar-refractivity contribution in [1.82, 2.24) is 14.9 Å². The molecule has 2 aromatic rings. The second-order valence-corrected chi connectivity index (χ2v) is 5.48. The minimum absolute atomic E-state index is 0.168. The van der Waals surface area contributed by atoms with Crippen molar-refractivity contribution in [3.8, 4) is 0 Å². The summed E-state index contributed by atoms with van der Waals surface area (Å²) in [5, 5.41) is 5.54. The van der Waals surface area contributed by atoms with E-state index in [1.165, 1.54) is 0 Å². The first-order valence-corrected chi connectivity index (χ1v) is 7.65. The molecule has 1 aromatic heterocycles. The summed E-state index contributed by atoms with van der Waals surface area (Å²) in [4.78, 5) is 27.6. The highest BCUT2D eigenvalue weighted by molar-refractivity contribution is 6.03. The van der Waals surface area contributed by atoms with Crippen molar-refractivity contribution in [2.24, 2.45) is 0 Å². The van der Waals surface area contributed by atoms with Gasteiger partial charge in [-0.15, -0.1) is 0 Å². The number of hydrogen-bond donors (Lipinski definition) is 2. The van der Waals surface area contributed by atoms with Crippen LogP contribution in [0.15, 0.2) is 36.9 Å². The Labute approximate surface area is 135 Å². The van der Waals surface area contributed by atoms with E-state index < -0.39 is 0 Å². The maximum absolute atomic E-state index is 11.9. The van der Waals surface area contributed by atoms with Gasteiger partial charge in [0.1, 0.15) is 6.42 Å². The number of nitrogens with one attached hydrogen (secondary N) is 2. The summed E-state index contributed by atoms with van der Waals surface area (Å²) in [6.07, 6.45) is 5.95. The van der Waals surface area contributed by atoms with Crippen molar-refractivity contribution in [3.63, 3.8) is 0 Å². The van der Waals surface area contributed by atoms with Crippen LogP contribution in [-0.4, -0.2) is 27.9 Å². The molecule has 0 aliphatic carbocycles. The smallest absolute Gasteiger partial charge is 0.233 e. The highest BCUT2D eigenvalue weighted by Crippen LogP contribution is 2.17. The normalized spacial score (nSPS) is 10.3. The van der Waals surface area contributed by atoms with Crippen LogP contribution in [0.2, 0.25) is 0 Å². The largest absolute Gasteiger partial charge is 0.356 e. The molecule has 0 saturated carbocycles. The quantitative estimate of drug-likeness (QED) is 0.606. The van der Waals surface area contributed by atoms with Crippen LogP contribution in [0.4, 0.5) is 5.69 Å². The Balaban J connectivity index is 1.70. The number of carbonyl (C=O) groups excluding carboxylic acids is 2. The maximum Gasteiger partial charge on any atom is 0.233 e. The monoisotopic (exact) mass is 314 g/mol. The first kappa shape index (κ1) is 16.7. The summed E-state index contributed by atoms with van der Waals surface area (Å²) in [5.41, 5.74) is 2.87. The fourth-order valence-corrected chi connectivity index (χ4v) is 2.20. The number of aromatic nitrogens is 2. The van der Waals surface area contributed by atoms with E-state index in [-0.39, 0.29) is 18.2 Å². The van der Waals surface area contributed by atoms with Gasteiger partial charge in [-0.3, -0.25) is 9.59 Å². The minimum Gasteiger partial charge on any atom is -0.356 e. The summed E-state index contributed by atoms with van der Waals surface area (Å²) in [7, 11) is 0. The van der Waals surface area contributed by atoms with Crippen LogP contribution in [0.1, 0.15) is 24.0 Å². The summed E-state index contributed by atoms with van der Waals surface area (Å²) >= 11 is 0. The Morgan fingerprint density at radius 2 is 2.04 bits per heavy atom. The zero-order valence-electron chi connectivity index (χ0n) is 13.5. The second kappa shape index (κ2) is 8.12. The van der Waals surface area contributed by atoms with Crippen LogP contribution < -0.4 is 10.6 Å². The molecule has 0 spiro atoms. The van der Waals surface area contributed by atoms with Gasteiger partial charge in [-0.05, 0) is 37.5 Å². The van der Waals surface area contributed by atoms with E-state index in [1.54, 1.807) is 12.5 Å². The fourth-order valence-electron chi connectivity index (χ4n) is 2.20. The molecular formula is C17H22N4O2. The summed E-state index contributed by atoms with van der Waals surface area (Å²) in [5.74, 6) is -0.566. The van der Waals surface area contributed by atoms with Gasteiger partial charge in [-0.25, -0.2) is 4.98 Å². The highest BCUT2D eigenvalue weighted by atomic mass is 16.2. The van der Waals surface area contributed by atoms with Gasteiger partial charge >= 0.3 is 0 Å². The zero-order valence-corrected chi connectivity index (χ0v) is 13.5. The Bertz CT molecular complexity index is 665. The molecule has 0 atom stereocenters. The highest BCUT2D eigenvalue weighted by Gasteiger charge is 2.10. The Morgan fingerprint density at radius 1 is 1.22 bits per heavy atom. The lowest BCUT2D eigenvalue weighted by Gasteiger charge is -2.10. The lowest BCUT2D eigenvalue weighted by molar-refractivity contribution is -0.126. The first-order valence-electron chi connectivity index (χ1n) is 7.65. The first-order chi connectivity index (χ1) is 11.1. The van der Waals surface area contributed by atoms with Gasteiger partial charge < -0.3 is 15.2 Å². The summed E-state index contributed by atoms with van der Waals surface area (Å²) in [6, 6.07) is 5.70. The van der Waals surface area contributed by atoms with Gasteiger partial charge in [0.15, 0.2) is 0 Å². The number of imidazole rings is 1. The molecule has 1 aromatic carbocycles. The van der Waals surface area contributed by atoms with E-state index in [9.17, 15) is 9.59 Å². The molecular weight excluding hydrogens is 292 g/mol. The van der Waals surface area contributed by atoms with E-state index in [0.29, 0.717) is 6.54 Å². The fraction of sp³-hybridized carbons (Fsp3) is 0.353. The molecule has 2 N–H and O–H groups in total. The summed E-state index contributed by atoms with van der Waals surface area (Å²) < 4.78 is 1.94. The zero-order chi connectivity index (χ0) is 16.7. The molecule has 122 valence electrons. The second-order valence-electron chi connectivity index (χ2n) is 5.48. The number of hydrogen-bond acceptors (Lipinski definition) is 3. The third-order valence-electron chi connectivity index (χ3n) is 3.67. The van der Waals surface area contributed by atoms with Gasteiger partial charge in [0.2, 0.25) is 11.8 Å². The van der Waals surface area contributed by atoms with Crippen molar-refractivity contribution in [2.75, 3.05) is 11.9 Å². The lowest BCUT2D eigenvalue weighted by Crippen LogP contribution is -2.29. The minimum atomic E-state index is -0.300. The topological polar surface area (TPSA) is 76.0 Å². The van der Waals surface area contributed by atoms with Crippen LogP contribution in [0.5, 0.6) is 0 Å². The van der Waals surface area contributed by atoms with Crippen molar-refractivity contribution in [1.29, 1.82) is 0 Å². The molecule has 0 unspecified atom stereocenters. The molecule has 0 aliphatic rings. The lowest BCUT2D eigenvalue weighted by atomic mass is 10.1. The van der Waals surface area contributed by atoms with Gasteiger partial charge in [-0.1, -0.05) is 12.1 Å². The number of nitrogens with zero attached hydrogens (tertiary/aromatic N) is 2. The standard InChI is InChI=1S/C17H22N4O2/c1-13-5-3-6-15(14(13)2)20-17(23)11-16(22)19-7-4-9-21-10-8-18-12-21/h3,5-6,8,10,12H,4,7,9,11H2,1-2H3,(H,19,22)(H,20,23). The molecule has 2 amide bonds. The van der Waals surface area contributed by atoms with Crippen molar-refractivity contribution in [2.45, 2.75) is 33.2 Å². The van der Waals surface area contributed by atoms with Crippen LogP contribution in [0.25, 0.3) is 0 Å². The summed E-state index contributed by atoms with van der Waals surface area (Å²) in [6.45, 7) is 5.25. The average molecular weight is 314 g/mol. The van der Waals surface area contributed by atoms with E-state index in [2.05, 4.69) is 15.6 Å². The van der Waals surface area contributed by atoms with Crippen molar-refractivity contribution < 1.29 is 9.59 Å². The third kappa shape index (κ3) is 5.25. The van der Waals surface area contributed by atoms with E-state index >= 15 is 0 Å². The SMILES string of the molecule is Cc1cccc(NC(=O)CC(=O)NCCCn2ccnc2)c1C. The van der Waals surface area contributed by atoms with Crippen molar-refractivity contribution in [3.05, 3.63) is 48.0 Å². The number of rotatable bonds is 7. The maximum atomic E-state index is 11.9. The van der Waals surface area contributed by atoms with Gasteiger partial charge in [0.25, 0.3) is 0 Å². The number of aryl methyl sites for hydroxylation is 2. The number of carbonyl (C=O) groups is 2. The predicted octanol–water partition coefficient (Wildman–Crippen LogP) is 2.04. The molecule has 0 saturated heterocycles. The van der Waals surface area contributed by atoms with E-state index in [0.717, 1.165) is 29.8 Å².